The SMILES string of the molecule is O=[N+]([O-])[C@H]1C(O)CS[C@@H]1c1ccc(C(F)(F)F)cc1. The van der Waals surface area contributed by atoms with Gasteiger partial charge in [0.15, 0.2) is 0 Å². The largest absolute Gasteiger partial charge is 0.416 e. The van der Waals surface area contributed by atoms with Crippen LogP contribution in [-0.2, 0) is 6.18 Å². The first-order chi connectivity index (χ1) is 8.80. The summed E-state index contributed by atoms with van der Waals surface area (Å²) in [6.45, 7) is 0. The van der Waals surface area contributed by atoms with Crippen molar-refractivity contribution in [3.8, 4) is 0 Å². The molecule has 0 radical (unpaired) electrons. The van der Waals surface area contributed by atoms with Gasteiger partial charge in [-0.15, -0.1) is 11.8 Å². The second-order valence-corrected chi connectivity index (χ2v) is 5.39. The first-order valence-corrected chi connectivity index (χ1v) is 6.46. The van der Waals surface area contributed by atoms with Crippen LogP contribution in [-0.4, -0.2) is 27.9 Å². The van der Waals surface area contributed by atoms with E-state index >= 15 is 0 Å². The van der Waals surface area contributed by atoms with Gasteiger partial charge >= 0.3 is 6.18 Å². The highest BCUT2D eigenvalue weighted by atomic mass is 32.2. The molecule has 4 nitrogen and oxygen atoms in total. The Morgan fingerprint density at radius 1 is 1.32 bits per heavy atom. The summed E-state index contributed by atoms with van der Waals surface area (Å²) in [5, 5.41) is 19.8. The van der Waals surface area contributed by atoms with Crippen LogP contribution < -0.4 is 0 Å². The van der Waals surface area contributed by atoms with Gasteiger partial charge in [0.1, 0.15) is 6.10 Å². The zero-order valence-corrected chi connectivity index (χ0v) is 10.3. The molecular weight excluding hydrogens is 283 g/mol. The molecule has 2 rings (SSSR count). The molecule has 0 aromatic heterocycles. The van der Waals surface area contributed by atoms with Crippen LogP contribution in [0.5, 0.6) is 0 Å². The molecule has 1 aliphatic heterocycles. The molecule has 1 heterocycles. The molecule has 0 aliphatic carbocycles. The smallest absolute Gasteiger partial charge is 0.385 e. The van der Waals surface area contributed by atoms with Crippen molar-refractivity contribution in [2.24, 2.45) is 0 Å². The fraction of sp³-hybridized carbons (Fsp3) is 0.455. The lowest BCUT2D eigenvalue weighted by Crippen LogP contribution is -2.33. The number of hydrogen-bond acceptors (Lipinski definition) is 4. The highest BCUT2D eigenvalue weighted by Gasteiger charge is 2.45. The Balaban J connectivity index is 2.25. The molecule has 0 spiro atoms. The zero-order chi connectivity index (χ0) is 14.2. The summed E-state index contributed by atoms with van der Waals surface area (Å²) < 4.78 is 37.2. The van der Waals surface area contributed by atoms with Crippen LogP contribution in [0.2, 0.25) is 0 Å². The number of thioether (sulfide) groups is 1. The van der Waals surface area contributed by atoms with Crippen molar-refractivity contribution in [3.05, 3.63) is 45.5 Å². The van der Waals surface area contributed by atoms with Crippen LogP contribution in [0.3, 0.4) is 0 Å². The summed E-state index contributed by atoms with van der Waals surface area (Å²) in [6, 6.07) is 3.08. The van der Waals surface area contributed by atoms with Crippen LogP contribution in [0.25, 0.3) is 0 Å². The van der Waals surface area contributed by atoms with Crippen molar-refractivity contribution in [1.82, 2.24) is 0 Å². The number of hydrogen-bond donors (Lipinski definition) is 1. The van der Waals surface area contributed by atoms with Gasteiger partial charge in [-0.1, -0.05) is 12.1 Å². The lowest BCUT2D eigenvalue weighted by atomic mass is 10.0. The first kappa shape index (κ1) is 14.1. The van der Waals surface area contributed by atoms with Gasteiger partial charge in [0, 0.05) is 10.7 Å². The molecule has 1 unspecified atom stereocenters. The summed E-state index contributed by atoms with van der Waals surface area (Å²) in [5.41, 5.74) is -0.367. The van der Waals surface area contributed by atoms with Crippen molar-refractivity contribution in [3.63, 3.8) is 0 Å². The number of alkyl halides is 3. The minimum atomic E-state index is -4.43. The van der Waals surface area contributed by atoms with Gasteiger partial charge in [-0.2, -0.15) is 13.2 Å². The Morgan fingerprint density at radius 3 is 2.37 bits per heavy atom. The normalized spacial score (nSPS) is 27.5. The summed E-state index contributed by atoms with van der Waals surface area (Å²) in [4.78, 5) is 10.3. The average Bonchev–Trinajstić information content (AvgIpc) is 2.70. The van der Waals surface area contributed by atoms with E-state index in [0.29, 0.717) is 5.56 Å². The van der Waals surface area contributed by atoms with E-state index in [-0.39, 0.29) is 5.75 Å². The van der Waals surface area contributed by atoms with Crippen LogP contribution in [0.4, 0.5) is 13.2 Å². The third kappa shape index (κ3) is 2.84. The van der Waals surface area contributed by atoms with Crippen molar-refractivity contribution in [1.29, 1.82) is 0 Å². The van der Waals surface area contributed by atoms with Crippen LogP contribution in [0.1, 0.15) is 16.4 Å². The summed E-state index contributed by atoms with van der Waals surface area (Å²) in [5.74, 6) is 0.206. The van der Waals surface area contributed by atoms with Gasteiger partial charge in [-0.25, -0.2) is 0 Å². The maximum absolute atomic E-state index is 12.4. The lowest BCUT2D eigenvalue weighted by Gasteiger charge is -2.15. The molecule has 19 heavy (non-hydrogen) atoms. The predicted octanol–water partition coefficient (Wildman–Crippen LogP) is 2.50. The Hall–Kier alpha value is -1.28. The van der Waals surface area contributed by atoms with Gasteiger partial charge in [-0.05, 0) is 17.7 Å². The number of aliphatic hydroxyl groups is 1. The monoisotopic (exact) mass is 293 g/mol. The quantitative estimate of drug-likeness (QED) is 0.672. The zero-order valence-electron chi connectivity index (χ0n) is 9.50. The molecule has 8 heteroatoms. The fourth-order valence-electron chi connectivity index (χ4n) is 2.01. The number of nitro groups is 1. The van der Waals surface area contributed by atoms with Gasteiger partial charge in [0.05, 0.1) is 10.8 Å². The van der Waals surface area contributed by atoms with Gasteiger partial charge in [-0.3, -0.25) is 10.1 Å². The number of benzene rings is 1. The molecule has 1 fully saturated rings. The van der Waals surface area contributed by atoms with Crippen LogP contribution in [0, 0.1) is 10.1 Å². The van der Waals surface area contributed by atoms with E-state index in [1.165, 1.54) is 23.9 Å². The maximum atomic E-state index is 12.4. The predicted molar refractivity (Wildman–Crippen MR) is 63.4 cm³/mol. The summed E-state index contributed by atoms with van der Waals surface area (Å²) in [7, 11) is 0. The molecule has 0 amide bonds. The first-order valence-electron chi connectivity index (χ1n) is 5.41. The van der Waals surface area contributed by atoms with Crippen molar-refractivity contribution < 1.29 is 23.2 Å². The highest BCUT2D eigenvalue weighted by molar-refractivity contribution is 7.99. The minimum Gasteiger partial charge on any atom is -0.385 e. The minimum absolute atomic E-state index is 0.206. The molecule has 3 atom stereocenters. The van der Waals surface area contributed by atoms with E-state index in [0.717, 1.165) is 12.1 Å². The second-order valence-electron chi connectivity index (χ2n) is 4.22. The van der Waals surface area contributed by atoms with E-state index in [9.17, 15) is 28.4 Å². The Kier molecular flexibility index (Phi) is 3.73. The van der Waals surface area contributed by atoms with Crippen LogP contribution in [0.15, 0.2) is 24.3 Å². The molecule has 1 aliphatic rings. The number of aliphatic hydroxyl groups excluding tert-OH is 1. The molecule has 0 bridgehead atoms. The standard InChI is InChI=1S/C11H10F3NO3S/c12-11(13,14)7-3-1-6(2-4-7)10-9(15(17)18)8(16)5-19-10/h1-4,8-10,16H,5H2/t8?,9-,10+/m0/s1. The van der Waals surface area contributed by atoms with E-state index in [1.54, 1.807) is 0 Å². The summed E-state index contributed by atoms with van der Waals surface area (Å²) >= 11 is 1.18. The van der Waals surface area contributed by atoms with Gasteiger partial charge in [0.2, 0.25) is 0 Å². The highest BCUT2D eigenvalue weighted by Crippen LogP contribution is 2.42. The maximum Gasteiger partial charge on any atom is 0.416 e. The molecular formula is C11H10F3NO3S. The topological polar surface area (TPSA) is 63.4 Å². The number of halogens is 3. The van der Waals surface area contributed by atoms with E-state index in [1.807, 2.05) is 0 Å². The molecule has 1 aromatic carbocycles. The second kappa shape index (κ2) is 5.01. The Morgan fingerprint density at radius 2 is 1.89 bits per heavy atom. The van der Waals surface area contributed by atoms with Gasteiger partial charge < -0.3 is 5.11 Å². The van der Waals surface area contributed by atoms with Gasteiger partial charge in [0.25, 0.3) is 6.04 Å². The molecule has 1 saturated heterocycles. The molecule has 1 aromatic rings. The van der Waals surface area contributed by atoms with Crippen molar-refractivity contribution in [2.45, 2.75) is 23.6 Å². The lowest BCUT2D eigenvalue weighted by molar-refractivity contribution is -0.531. The Bertz CT molecular complexity index is 477. The van der Waals surface area contributed by atoms with Crippen molar-refractivity contribution in [2.75, 3.05) is 5.75 Å². The van der Waals surface area contributed by atoms with E-state index in [4.69, 9.17) is 0 Å². The van der Waals surface area contributed by atoms with Crippen LogP contribution >= 0.6 is 11.8 Å². The van der Waals surface area contributed by atoms with Crippen molar-refractivity contribution >= 4 is 11.8 Å². The van der Waals surface area contributed by atoms with E-state index < -0.39 is 34.1 Å². The van der Waals surface area contributed by atoms with E-state index in [2.05, 4.69) is 0 Å². The summed E-state index contributed by atoms with van der Waals surface area (Å²) in [6.07, 6.45) is -5.50. The number of rotatable bonds is 2. The third-order valence-corrected chi connectivity index (χ3v) is 4.41. The fourth-order valence-corrected chi connectivity index (χ4v) is 3.44. The number of nitrogens with zero attached hydrogens (tertiary/aromatic N) is 1. The molecule has 1 N–H and O–H groups in total. The molecule has 104 valence electrons. The molecule has 0 saturated carbocycles. The average molecular weight is 293 g/mol. The Labute approximate surface area is 110 Å². The third-order valence-electron chi connectivity index (χ3n) is 2.96.